The van der Waals surface area contributed by atoms with Crippen LogP contribution in [-0.4, -0.2) is 47.6 Å². The largest absolute Gasteiger partial charge is 0.464 e. The van der Waals surface area contributed by atoms with Crippen LogP contribution in [0.25, 0.3) is 0 Å². The van der Waals surface area contributed by atoms with Gasteiger partial charge in [0.05, 0.1) is 13.2 Å². The molecule has 0 fully saturated rings. The van der Waals surface area contributed by atoms with Crippen LogP contribution in [0, 0.1) is 0 Å². The van der Waals surface area contributed by atoms with E-state index in [4.69, 9.17) is 0 Å². The summed E-state index contributed by atoms with van der Waals surface area (Å²) in [5.41, 5.74) is 0. The number of esters is 2. The molecule has 0 aromatic carbocycles. The van der Waals surface area contributed by atoms with Crippen LogP contribution in [-0.2, 0) is 19.1 Å². The molecule has 0 amide bonds. The van der Waals surface area contributed by atoms with Crippen LogP contribution in [0.3, 0.4) is 0 Å². The lowest BCUT2D eigenvalue weighted by Gasteiger charge is -2.07. The first-order chi connectivity index (χ1) is 7.52. The Balaban J connectivity index is 4.15. The van der Waals surface area contributed by atoms with E-state index < -0.39 is 24.1 Å². The average molecular weight is 232 g/mol. The van der Waals surface area contributed by atoms with E-state index in [1.165, 1.54) is 0 Å². The van der Waals surface area contributed by atoms with Crippen molar-refractivity contribution in [2.24, 2.45) is 0 Å². The van der Waals surface area contributed by atoms with Crippen LogP contribution in [0.1, 0.15) is 13.8 Å². The van der Waals surface area contributed by atoms with Crippen LogP contribution in [0.5, 0.6) is 0 Å². The van der Waals surface area contributed by atoms with Crippen molar-refractivity contribution in [2.45, 2.75) is 26.1 Å². The summed E-state index contributed by atoms with van der Waals surface area (Å²) in [6.07, 6.45) is -1.05. The normalized spacial score (nSPS) is 14.5. The van der Waals surface area contributed by atoms with E-state index in [0.29, 0.717) is 0 Å². The molecule has 6 nitrogen and oxygen atoms in total. The summed E-state index contributed by atoms with van der Waals surface area (Å²) >= 11 is 0. The Labute approximate surface area is 93.5 Å². The zero-order chi connectivity index (χ0) is 12.6. The van der Waals surface area contributed by atoms with E-state index in [1.807, 2.05) is 0 Å². The quantitative estimate of drug-likeness (QED) is 0.469. The number of hydrogen-bond donors (Lipinski definition) is 2. The molecule has 0 aromatic heterocycles. The Morgan fingerprint density at radius 2 is 1.31 bits per heavy atom. The summed E-state index contributed by atoms with van der Waals surface area (Å²) in [5, 5.41) is 18.4. The monoisotopic (exact) mass is 232 g/mol. The van der Waals surface area contributed by atoms with Gasteiger partial charge >= 0.3 is 11.9 Å². The molecule has 0 radical (unpaired) electrons. The number of hydrogen-bond acceptors (Lipinski definition) is 6. The topological polar surface area (TPSA) is 93.1 Å². The number of aliphatic hydroxyl groups excluding tert-OH is 2. The van der Waals surface area contributed by atoms with Crippen molar-refractivity contribution >= 4 is 11.9 Å². The second-order valence-electron chi connectivity index (χ2n) is 2.78. The van der Waals surface area contributed by atoms with E-state index in [0.717, 1.165) is 12.2 Å². The molecule has 2 N–H and O–H groups in total. The van der Waals surface area contributed by atoms with Crippen molar-refractivity contribution in [3.63, 3.8) is 0 Å². The highest BCUT2D eigenvalue weighted by molar-refractivity contribution is 5.78. The number of ether oxygens (including phenoxy) is 2. The Morgan fingerprint density at radius 3 is 1.56 bits per heavy atom. The van der Waals surface area contributed by atoms with Crippen molar-refractivity contribution in [1.82, 2.24) is 0 Å². The van der Waals surface area contributed by atoms with Crippen LogP contribution >= 0.6 is 0 Å². The summed E-state index contributed by atoms with van der Waals surface area (Å²) in [6.45, 7) is 3.48. The van der Waals surface area contributed by atoms with Gasteiger partial charge in [0, 0.05) is 0 Å². The lowest BCUT2D eigenvalue weighted by atomic mass is 10.2. The van der Waals surface area contributed by atoms with Crippen molar-refractivity contribution in [1.29, 1.82) is 0 Å². The standard InChI is InChI=1S/C10H16O6/c1-3-15-9(13)7(11)5-6-8(12)10(14)16-4-2/h5-8,11-12H,3-4H2,1-2H3. The van der Waals surface area contributed by atoms with Gasteiger partial charge in [-0.25, -0.2) is 9.59 Å². The summed E-state index contributed by atoms with van der Waals surface area (Å²) in [4.78, 5) is 21.9. The maximum atomic E-state index is 10.9. The molecule has 0 aliphatic heterocycles. The fraction of sp³-hybridized carbons (Fsp3) is 0.600. The first-order valence-electron chi connectivity index (χ1n) is 4.90. The van der Waals surface area contributed by atoms with Crippen molar-refractivity contribution in [3.05, 3.63) is 12.2 Å². The van der Waals surface area contributed by atoms with Gasteiger partial charge in [0.2, 0.25) is 0 Å². The maximum absolute atomic E-state index is 10.9. The van der Waals surface area contributed by atoms with Gasteiger partial charge in [0.25, 0.3) is 0 Å². The second kappa shape index (κ2) is 7.84. The number of rotatable bonds is 6. The number of carbonyl (C=O) groups is 2. The average Bonchev–Trinajstić information content (AvgIpc) is 2.25. The molecule has 0 heterocycles. The maximum Gasteiger partial charge on any atom is 0.338 e. The Hall–Kier alpha value is -1.40. The molecule has 0 bridgehead atoms. The SMILES string of the molecule is CCOC(=O)C(O)C=CC(O)C(=O)OCC. The third kappa shape index (κ3) is 5.47. The van der Waals surface area contributed by atoms with Crippen molar-refractivity contribution in [3.8, 4) is 0 Å². The minimum Gasteiger partial charge on any atom is -0.464 e. The minimum absolute atomic E-state index is 0.143. The molecule has 2 atom stereocenters. The van der Waals surface area contributed by atoms with Gasteiger partial charge in [-0.15, -0.1) is 0 Å². The van der Waals surface area contributed by atoms with Crippen molar-refractivity contribution < 1.29 is 29.3 Å². The van der Waals surface area contributed by atoms with Gasteiger partial charge in [-0.1, -0.05) is 0 Å². The minimum atomic E-state index is -1.50. The highest BCUT2D eigenvalue weighted by Gasteiger charge is 2.16. The molecule has 0 aliphatic carbocycles. The highest BCUT2D eigenvalue weighted by atomic mass is 16.5. The van der Waals surface area contributed by atoms with Gasteiger partial charge in [0.1, 0.15) is 0 Å². The molecular weight excluding hydrogens is 216 g/mol. The van der Waals surface area contributed by atoms with E-state index in [1.54, 1.807) is 13.8 Å². The van der Waals surface area contributed by atoms with Gasteiger partial charge in [0.15, 0.2) is 12.2 Å². The van der Waals surface area contributed by atoms with E-state index in [2.05, 4.69) is 9.47 Å². The Bertz CT molecular complexity index is 234. The molecule has 92 valence electrons. The third-order valence-electron chi connectivity index (χ3n) is 1.53. The smallest absolute Gasteiger partial charge is 0.338 e. The van der Waals surface area contributed by atoms with Crippen LogP contribution in [0.2, 0.25) is 0 Å². The fourth-order valence-corrected chi connectivity index (χ4v) is 0.823. The van der Waals surface area contributed by atoms with Gasteiger partial charge in [-0.3, -0.25) is 0 Å². The van der Waals surface area contributed by atoms with Crippen LogP contribution < -0.4 is 0 Å². The third-order valence-corrected chi connectivity index (χ3v) is 1.53. The lowest BCUT2D eigenvalue weighted by Crippen LogP contribution is -2.24. The molecule has 16 heavy (non-hydrogen) atoms. The van der Waals surface area contributed by atoms with Gasteiger partial charge in [-0.2, -0.15) is 0 Å². The molecule has 0 rings (SSSR count). The van der Waals surface area contributed by atoms with Gasteiger partial charge in [-0.05, 0) is 26.0 Å². The summed E-state index contributed by atoms with van der Waals surface area (Å²) in [6, 6.07) is 0. The summed E-state index contributed by atoms with van der Waals surface area (Å²) < 4.78 is 9.01. The second-order valence-corrected chi connectivity index (χ2v) is 2.78. The molecule has 6 heteroatoms. The molecule has 0 saturated carbocycles. The van der Waals surface area contributed by atoms with E-state index in [-0.39, 0.29) is 13.2 Å². The van der Waals surface area contributed by atoms with E-state index >= 15 is 0 Å². The zero-order valence-corrected chi connectivity index (χ0v) is 9.25. The molecule has 0 saturated heterocycles. The first kappa shape index (κ1) is 14.6. The highest BCUT2D eigenvalue weighted by Crippen LogP contribution is 1.96. The molecule has 2 unspecified atom stereocenters. The fourth-order valence-electron chi connectivity index (χ4n) is 0.823. The summed E-state index contributed by atoms with van der Waals surface area (Å²) in [7, 11) is 0. The first-order valence-corrected chi connectivity index (χ1v) is 4.90. The zero-order valence-electron chi connectivity index (χ0n) is 9.25. The number of aliphatic hydroxyl groups is 2. The lowest BCUT2D eigenvalue weighted by molar-refractivity contribution is -0.151. The predicted molar refractivity (Wildman–Crippen MR) is 54.4 cm³/mol. The number of carbonyl (C=O) groups excluding carboxylic acids is 2. The molecule has 0 spiro atoms. The summed E-state index contributed by atoms with van der Waals surface area (Å²) in [5.74, 6) is -1.68. The predicted octanol–water partition coefficient (Wildman–Crippen LogP) is -0.609. The van der Waals surface area contributed by atoms with Gasteiger partial charge < -0.3 is 19.7 Å². The van der Waals surface area contributed by atoms with Crippen LogP contribution in [0.4, 0.5) is 0 Å². The molecule has 0 aliphatic rings. The van der Waals surface area contributed by atoms with E-state index in [9.17, 15) is 19.8 Å². The Kier molecular flexibility index (Phi) is 7.15. The molecular formula is C10H16O6. The Morgan fingerprint density at radius 1 is 1.00 bits per heavy atom. The molecule has 0 aromatic rings. The van der Waals surface area contributed by atoms with Crippen molar-refractivity contribution in [2.75, 3.05) is 13.2 Å². The van der Waals surface area contributed by atoms with Crippen LogP contribution in [0.15, 0.2) is 12.2 Å².